The second-order valence-electron chi connectivity index (χ2n) is 5.28. The molecular formula is C17H12BrN3O3S. The second kappa shape index (κ2) is 6.81. The Morgan fingerprint density at radius 3 is 2.72 bits per heavy atom. The van der Waals surface area contributed by atoms with E-state index in [4.69, 9.17) is 9.47 Å². The molecule has 0 saturated carbocycles. The number of para-hydroxylation sites is 2. The quantitative estimate of drug-likeness (QED) is 0.702. The van der Waals surface area contributed by atoms with Crippen molar-refractivity contribution in [3.05, 3.63) is 53.0 Å². The second-order valence-corrected chi connectivity index (χ2v) is 6.95. The number of halogens is 1. The molecule has 8 heteroatoms. The first kappa shape index (κ1) is 16.0. The summed E-state index contributed by atoms with van der Waals surface area (Å²) in [6.07, 6.45) is -0.727. The van der Waals surface area contributed by atoms with Crippen LogP contribution in [0.2, 0.25) is 0 Å². The Morgan fingerprint density at radius 2 is 1.92 bits per heavy atom. The zero-order chi connectivity index (χ0) is 17.2. The van der Waals surface area contributed by atoms with Gasteiger partial charge in [-0.2, -0.15) is 9.36 Å². The van der Waals surface area contributed by atoms with Crippen LogP contribution in [-0.2, 0) is 4.79 Å². The highest BCUT2D eigenvalue weighted by Crippen LogP contribution is 2.31. The van der Waals surface area contributed by atoms with Crippen LogP contribution in [0.15, 0.2) is 53.0 Å². The zero-order valence-electron chi connectivity index (χ0n) is 12.8. The molecule has 0 unspecified atom stereocenters. The van der Waals surface area contributed by atoms with Crippen LogP contribution >= 0.6 is 27.5 Å². The van der Waals surface area contributed by atoms with Crippen molar-refractivity contribution in [3.63, 3.8) is 0 Å². The number of nitrogens with zero attached hydrogens (tertiary/aromatic N) is 2. The Labute approximate surface area is 156 Å². The molecule has 126 valence electrons. The lowest BCUT2D eigenvalue weighted by atomic mass is 10.2. The van der Waals surface area contributed by atoms with Crippen LogP contribution in [-0.4, -0.2) is 28.0 Å². The summed E-state index contributed by atoms with van der Waals surface area (Å²) >= 11 is 4.52. The van der Waals surface area contributed by atoms with E-state index in [1.165, 1.54) is 0 Å². The molecule has 1 amide bonds. The minimum Gasteiger partial charge on any atom is -0.485 e. The first-order valence-electron chi connectivity index (χ1n) is 7.48. The highest BCUT2D eigenvalue weighted by atomic mass is 79.9. The lowest BCUT2D eigenvalue weighted by molar-refractivity contribution is -0.125. The van der Waals surface area contributed by atoms with Crippen molar-refractivity contribution in [2.24, 2.45) is 0 Å². The van der Waals surface area contributed by atoms with E-state index in [1.807, 2.05) is 36.4 Å². The number of rotatable bonds is 3. The molecule has 25 heavy (non-hydrogen) atoms. The standard InChI is InChI=1S/C17H12BrN3O3S/c18-11-7-5-10(6-8-11)15-19-17(25-21-15)20-16(22)14-9-23-12-3-1-2-4-13(12)24-14/h1-8,14H,9H2,(H,19,20,21,22)/t14-/m1/s1. The topological polar surface area (TPSA) is 73.3 Å². The van der Waals surface area contributed by atoms with E-state index in [9.17, 15) is 4.79 Å². The van der Waals surface area contributed by atoms with Crippen LogP contribution in [0.4, 0.5) is 5.13 Å². The fourth-order valence-corrected chi connectivity index (χ4v) is 3.18. The SMILES string of the molecule is O=C(Nc1nc(-c2ccc(Br)cc2)ns1)[C@H]1COc2ccccc2O1. The van der Waals surface area contributed by atoms with E-state index in [-0.39, 0.29) is 12.5 Å². The van der Waals surface area contributed by atoms with E-state index in [2.05, 4.69) is 30.6 Å². The van der Waals surface area contributed by atoms with Gasteiger partial charge in [-0.05, 0) is 24.3 Å². The number of nitrogens with one attached hydrogen (secondary N) is 1. The number of hydrogen-bond donors (Lipinski definition) is 1. The minimum atomic E-state index is -0.727. The fraction of sp³-hybridized carbons (Fsp3) is 0.118. The van der Waals surface area contributed by atoms with Gasteiger partial charge < -0.3 is 9.47 Å². The third-order valence-electron chi connectivity index (χ3n) is 3.56. The van der Waals surface area contributed by atoms with E-state index in [1.54, 1.807) is 12.1 Å². The van der Waals surface area contributed by atoms with Crippen LogP contribution in [0.3, 0.4) is 0 Å². The van der Waals surface area contributed by atoms with Gasteiger partial charge in [-0.15, -0.1) is 0 Å². The molecule has 1 aliphatic heterocycles. The number of amides is 1. The number of benzene rings is 2. The summed E-state index contributed by atoms with van der Waals surface area (Å²) in [5, 5.41) is 3.16. The normalized spacial score (nSPS) is 15.6. The first-order valence-corrected chi connectivity index (χ1v) is 9.05. The van der Waals surface area contributed by atoms with Crippen LogP contribution in [0.5, 0.6) is 11.5 Å². The van der Waals surface area contributed by atoms with E-state index in [0.717, 1.165) is 21.6 Å². The molecule has 1 aromatic heterocycles. The molecule has 0 spiro atoms. The summed E-state index contributed by atoms with van der Waals surface area (Å²) in [5.74, 6) is 1.45. The van der Waals surface area contributed by atoms with Crippen molar-refractivity contribution >= 4 is 38.5 Å². The zero-order valence-corrected chi connectivity index (χ0v) is 15.2. The molecule has 1 N–H and O–H groups in total. The van der Waals surface area contributed by atoms with Crippen LogP contribution in [0.1, 0.15) is 0 Å². The Morgan fingerprint density at radius 1 is 1.16 bits per heavy atom. The maximum absolute atomic E-state index is 12.4. The predicted molar refractivity (Wildman–Crippen MR) is 98.0 cm³/mol. The number of anilines is 1. The van der Waals surface area contributed by atoms with Gasteiger partial charge in [-0.3, -0.25) is 10.1 Å². The van der Waals surface area contributed by atoms with Gasteiger partial charge in [-0.1, -0.05) is 40.2 Å². The van der Waals surface area contributed by atoms with Crippen LogP contribution < -0.4 is 14.8 Å². The molecule has 0 fully saturated rings. The smallest absolute Gasteiger partial charge is 0.270 e. The number of carbonyl (C=O) groups excluding carboxylic acids is 1. The Hall–Kier alpha value is -2.45. The summed E-state index contributed by atoms with van der Waals surface area (Å²) < 4.78 is 16.5. The monoisotopic (exact) mass is 417 g/mol. The van der Waals surface area contributed by atoms with Gasteiger partial charge in [-0.25, -0.2) is 0 Å². The molecule has 0 bridgehead atoms. The predicted octanol–water partition coefficient (Wildman–Crippen LogP) is 3.75. The highest BCUT2D eigenvalue weighted by molar-refractivity contribution is 9.10. The Kier molecular flexibility index (Phi) is 4.37. The molecule has 1 aliphatic rings. The van der Waals surface area contributed by atoms with E-state index in [0.29, 0.717) is 22.5 Å². The third kappa shape index (κ3) is 3.49. The summed E-state index contributed by atoms with van der Waals surface area (Å²) in [4.78, 5) is 16.7. The lowest BCUT2D eigenvalue weighted by Gasteiger charge is -2.25. The maximum Gasteiger partial charge on any atom is 0.270 e. The lowest BCUT2D eigenvalue weighted by Crippen LogP contribution is -2.40. The molecule has 3 aromatic rings. The molecule has 4 rings (SSSR count). The molecule has 0 saturated heterocycles. The van der Waals surface area contributed by atoms with Gasteiger partial charge >= 0.3 is 0 Å². The molecule has 2 aromatic carbocycles. The van der Waals surface area contributed by atoms with Crippen molar-refractivity contribution < 1.29 is 14.3 Å². The van der Waals surface area contributed by atoms with Crippen molar-refractivity contribution in [2.75, 3.05) is 11.9 Å². The number of hydrogen-bond acceptors (Lipinski definition) is 6. The van der Waals surface area contributed by atoms with Gasteiger partial charge in [0.2, 0.25) is 11.2 Å². The summed E-state index contributed by atoms with van der Waals surface area (Å²) in [6, 6.07) is 14.9. The molecular weight excluding hydrogens is 406 g/mol. The van der Waals surface area contributed by atoms with Gasteiger partial charge in [0.25, 0.3) is 5.91 Å². The molecule has 6 nitrogen and oxygen atoms in total. The van der Waals surface area contributed by atoms with Crippen molar-refractivity contribution in [1.29, 1.82) is 0 Å². The van der Waals surface area contributed by atoms with Gasteiger partial charge in [0.15, 0.2) is 17.3 Å². The molecule has 1 atom stereocenters. The van der Waals surface area contributed by atoms with Gasteiger partial charge in [0.05, 0.1) is 0 Å². The minimum absolute atomic E-state index is 0.154. The van der Waals surface area contributed by atoms with Crippen molar-refractivity contribution in [1.82, 2.24) is 9.36 Å². The van der Waals surface area contributed by atoms with Crippen molar-refractivity contribution in [2.45, 2.75) is 6.10 Å². The van der Waals surface area contributed by atoms with E-state index >= 15 is 0 Å². The highest BCUT2D eigenvalue weighted by Gasteiger charge is 2.28. The number of aromatic nitrogens is 2. The number of ether oxygens (including phenoxy) is 2. The Balaban J connectivity index is 1.44. The third-order valence-corrected chi connectivity index (χ3v) is 4.72. The number of fused-ring (bicyclic) bond motifs is 1. The summed E-state index contributed by atoms with van der Waals surface area (Å²) in [5.41, 5.74) is 0.881. The molecule has 0 radical (unpaired) electrons. The summed E-state index contributed by atoms with van der Waals surface area (Å²) in [6.45, 7) is 0.154. The molecule has 2 heterocycles. The maximum atomic E-state index is 12.4. The average molecular weight is 418 g/mol. The van der Waals surface area contributed by atoms with Gasteiger partial charge in [0.1, 0.15) is 6.61 Å². The largest absolute Gasteiger partial charge is 0.485 e. The first-order chi connectivity index (χ1) is 12.2. The number of carbonyl (C=O) groups is 1. The van der Waals surface area contributed by atoms with E-state index < -0.39 is 6.10 Å². The van der Waals surface area contributed by atoms with Crippen LogP contribution in [0, 0.1) is 0 Å². The van der Waals surface area contributed by atoms with Crippen LogP contribution in [0.25, 0.3) is 11.4 Å². The van der Waals surface area contributed by atoms with Gasteiger partial charge in [0, 0.05) is 21.6 Å². The Bertz CT molecular complexity index is 914. The fourth-order valence-electron chi connectivity index (χ4n) is 2.33. The summed E-state index contributed by atoms with van der Waals surface area (Å²) in [7, 11) is 0. The van der Waals surface area contributed by atoms with Crippen molar-refractivity contribution in [3.8, 4) is 22.9 Å². The average Bonchev–Trinajstić information content (AvgIpc) is 3.10. The molecule has 0 aliphatic carbocycles.